The van der Waals surface area contributed by atoms with E-state index >= 15 is 0 Å². The van der Waals surface area contributed by atoms with Crippen molar-refractivity contribution in [1.82, 2.24) is 0 Å². The molecule has 0 amide bonds. The third-order valence-corrected chi connectivity index (χ3v) is 4.09. The van der Waals surface area contributed by atoms with Gasteiger partial charge in [0.25, 0.3) is 10.1 Å². The molecule has 5 nitrogen and oxygen atoms in total. The van der Waals surface area contributed by atoms with E-state index in [0.717, 1.165) is 5.56 Å². The summed E-state index contributed by atoms with van der Waals surface area (Å²) in [6.45, 7) is 1.96. The van der Waals surface area contributed by atoms with E-state index in [0.29, 0.717) is 6.61 Å². The minimum absolute atomic E-state index is 0.0770. The summed E-state index contributed by atoms with van der Waals surface area (Å²) in [6, 6.07) is 6.33. The molecule has 1 aromatic rings. The van der Waals surface area contributed by atoms with Crippen LogP contribution in [-0.2, 0) is 19.0 Å². The molecule has 6 heteroatoms. The zero-order valence-electron chi connectivity index (χ0n) is 10.5. The van der Waals surface area contributed by atoms with Gasteiger partial charge < -0.3 is 9.84 Å². The van der Waals surface area contributed by atoms with Crippen LogP contribution in [-0.4, -0.2) is 38.9 Å². The third-order valence-electron chi connectivity index (χ3n) is 2.79. The lowest BCUT2D eigenvalue weighted by Crippen LogP contribution is -2.30. The Kier molecular flexibility index (Phi) is 4.36. The molecular formula is C13H16O5S. The van der Waals surface area contributed by atoms with Crippen molar-refractivity contribution in [2.75, 3.05) is 13.2 Å². The van der Waals surface area contributed by atoms with Crippen molar-refractivity contribution in [1.29, 1.82) is 0 Å². The fourth-order valence-corrected chi connectivity index (χ4v) is 2.60. The second-order valence-corrected chi connectivity index (χ2v) is 5.96. The quantitative estimate of drug-likeness (QED) is 0.645. The van der Waals surface area contributed by atoms with Crippen LogP contribution in [0.2, 0.25) is 0 Å². The minimum atomic E-state index is -3.84. The van der Waals surface area contributed by atoms with Gasteiger partial charge in [0.1, 0.15) is 12.2 Å². The highest BCUT2D eigenvalue weighted by Crippen LogP contribution is 2.15. The summed E-state index contributed by atoms with van der Waals surface area (Å²) in [4.78, 5) is 0.0770. The van der Waals surface area contributed by atoms with Gasteiger partial charge in [-0.2, -0.15) is 8.42 Å². The van der Waals surface area contributed by atoms with E-state index in [1.165, 1.54) is 12.1 Å². The van der Waals surface area contributed by atoms with Crippen LogP contribution in [0.1, 0.15) is 5.56 Å². The molecule has 1 N–H and O–H groups in total. The lowest BCUT2D eigenvalue weighted by atomic mass is 10.2. The van der Waals surface area contributed by atoms with Crippen molar-refractivity contribution in [2.24, 2.45) is 0 Å². The van der Waals surface area contributed by atoms with Crippen molar-refractivity contribution in [2.45, 2.75) is 24.0 Å². The largest absolute Gasteiger partial charge is 0.388 e. The van der Waals surface area contributed by atoms with E-state index in [-0.39, 0.29) is 11.5 Å². The van der Waals surface area contributed by atoms with E-state index in [1.807, 2.05) is 6.92 Å². The van der Waals surface area contributed by atoms with Crippen LogP contribution in [0.15, 0.2) is 41.3 Å². The fraction of sp³-hybridized carbons (Fsp3) is 0.385. The van der Waals surface area contributed by atoms with Gasteiger partial charge in [0.15, 0.2) is 0 Å². The summed E-state index contributed by atoms with van der Waals surface area (Å²) in [6.07, 6.45) is 1.95. The van der Waals surface area contributed by atoms with Gasteiger partial charge in [0, 0.05) is 0 Å². The molecule has 0 spiro atoms. The lowest BCUT2D eigenvalue weighted by molar-refractivity contribution is -0.00871. The van der Waals surface area contributed by atoms with Gasteiger partial charge in [-0.25, -0.2) is 0 Å². The Bertz CT molecular complexity index is 547. The Balaban J connectivity index is 1.97. The molecule has 1 heterocycles. The molecule has 19 heavy (non-hydrogen) atoms. The van der Waals surface area contributed by atoms with E-state index in [9.17, 15) is 13.5 Å². The molecule has 1 aliphatic heterocycles. The molecule has 0 aromatic heterocycles. The molecule has 0 radical (unpaired) electrons. The monoisotopic (exact) mass is 284 g/mol. The normalized spacial score (nSPS) is 20.6. The number of rotatable bonds is 5. The zero-order chi connectivity index (χ0) is 13.9. The van der Waals surface area contributed by atoms with E-state index in [4.69, 9.17) is 8.92 Å². The summed E-state index contributed by atoms with van der Waals surface area (Å²) in [5.41, 5.74) is 0.962. The first-order chi connectivity index (χ1) is 8.99. The molecule has 1 aliphatic rings. The first-order valence-electron chi connectivity index (χ1n) is 5.91. The second-order valence-electron chi connectivity index (χ2n) is 4.35. The molecule has 1 aromatic carbocycles. The van der Waals surface area contributed by atoms with Gasteiger partial charge in [0.2, 0.25) is 0 Å². The van der Waals surface area contributed by atoms with E-state index < -0.39 is 22.3 Å². The van der Waals surface area contributed by atoms with Crippen LogP contribution in [0.4, 0.5) is 0 Å². The first kappa shape index (κ1) is 14.2. The standard InChI is InChI=1S/C13H16O5S/c1-10-4-6-11(7-5-10)19(15,16)18-9-12(14)13-3-2-8-17-13/h2-7,12-14H,8-9H2,1H3/t12-,13-/m0/s1. The average molecular weight is 284 g/mol. The molecule has 0 fully saturated rings. The fourth-order valence-electron chi connectivity index (χ4n) is 1.68. The third kappa shape index (κ3) is 3.63. The van der Waals surface area contributed by atoms with Crippen LogP contribution < -0.4 is 0 Å². The second kappa shape index (κ2) is 5.83. The van der Waals surface area contributed by atoms with Gasteiger partial charge in [-0.1, -0.05) is 29.8 Å². The summed E-state index contributed by atoms with van der Waals surface area (Å²) in [7, 11) is -3.84. The van der Waals surface area contributed by atoms with Gasteiger partial charge in [-0.3, -0.25) is 4.18 Å². The predicted octanol–water partition coefficient (Wildman–Crippen LogP) is 1.02. The Hall–Kier alpha value is -1.21. The number of hydrogen-bond donors (Lipinski definition) is 1. The maximum Gasteiger partial charge on any atom is 0.297 e. The summed E-state index contributed by atoms with van der Waals surface area (Å²) in [5, 5.41) is 9.74. The van der Waals surface area contributed by atoms with Gasteiger partial charge in [-0.05, 0) is 19.1 Å². The maximum atomic E-state index is 11.9. The Morgan fingerprint density at radius 2 is 2.11 bits per heavy atom. The number of hydrogen-bond acceptors (Lipinski definition) is 5. The molecule has 2 atom stereocenters. The minimum Gasteiger partial charge on any atom is -0.388 e. The van der Waals surface area contributed by atoms with Crippen LogP contribution in [0.25, 0.3) is 0 Å². The molecule has 0 aliphatic carbocycles. The topological polar surface area (TPSA) is 72.8 Å². The zero-order valence-corrected chi connectivity index (χ0v) is 11.3. The van der Waals surface area contributed by atoms with Crippen molar-refractivity contribution >= 4 is 10.1 Å². The number of aliphatic hydroxyl groups is 1. The van der Waals surface area contributed by atoms with Crippen molar-refractivity contribution in [3.05, 3.63) is 42.0 Å². The molecule has 0 saturated carbocycles. The summed E-state index contributed by atoms with van der Waals surface area (Å²) >= 11 is 0. The summed E-state index contributed by atoms with van der Waals surface area (Å²) < 4.78 is 33.7. The highest BCUT2D eigenvalue weighted by Gasteiger charge is 2.23. The maximum absolute atomic E-state index is 11.9. The molecule has 104 valence electrons. The van der Waals surface area contributed by atoms with Crippen molar-refractivity contribution < 1.29 is 22.4 Å². The predicted molar refractivity (Wildman–Crippen MR) is 69.2 cm³/mol. The highest BCUT2D eigenvalue weighted by molar-refractivity contribution is 7.86. The van der Waals surface area contributed by atoms with Gasteiger partial charge >= 0.3 is 0 Å². The molecule has 2 rings (SSSR count). The van der Waals surface area contributed by atoms with Gasteiger partial charge in [-0.15, -0.1) is 0 Å². The number of aryl methyl sites for hydroxylation is 1. The van der Waals surface area contributed by atoms with Crippen LogP contribution in [0.3, 0.4) is 0 Å². The smallest absolute Gasteiger partial charge is 0.297 e. The Morgan fingerprint density at radius 1 is 1.42 bits per heavy atom. The summed E-state index contributed by atoms with van der Waals surface area (Å²) in [5.74, 6) is 0. The molecule has 0 unspecified atom stereocenters. The van der Waals surface area contributed by atoms with Crippen LogP contribution in [0, 0.1) is 6.92 Å². The SMILES string of the molecule is Cc1ccc(S(=O)(=O)OC[C@H](O)[C@@H]2C=CCO2)cc1. The number of benzene rings is 1. The number of ether oxygens (including phenoxy) is 1. The Labute approximate surface area is 112 Å². The highest BCUT2D eigenvalue weighted by atomic mass is 32.2. The number of aliphatic hydroxyl groups excluding tert-OH is 1. The Morgan fingerprint density at radius 3 is 2.68 bits per heavy atom. The average Bonchev–Trinajstić information content (AvgIpc) is 2.90. The van der Waals surface area contributed by atoms with E-state index in [1.54, 1.807) is 24.3 Å². The molecule has 0 bridgehead atoms. The molecular weight excluding hydrogens is 268 g/mol. The van der Waals surface area contributed by atoms with Crippen molar-refractivity contribution in [3.63, 3.8) is 0 Å². The van der Waals surface area contributed by atoms with Crippen LogP contribution >= 0.6 is 0 Å². The molecule has 0 saturated heterocycles. The lowest BCUT2D eigenvalue weighted by Gasteiger charge is -2.16. The van der Waals surface area contributed by atoms with Crippen LogP contribution in [0.5, 0.6) is 0 Å². The van der Waals surface area contributed by atoms with Crippen molar-refractivity contribution in [3.8, 4) is 0 Å². The van der Waals surface area contributed by atoms with Gasteiger partial charge in [0.05, 0.1) is 18.1 Å². The van der Waals surface area contributed by atoms with E-state index in [2.05, 4.69) is 0 Å². The first-order valence-corrected chi connectivity index (χ1v) is 7.32.